The zero-order valence-electron chi connectivity index (χ0n) is 11.1. The maximum Gasteiger partial charge on any atom is 0.338 e. The van der Waals surface area contributed by atoms with E-state index in [0.717, 1.165) is 18.0 Å². The molecule has 0 fully saturated rings. The van der Waals surface area contributed by atoms with Crippen LogP contribution in [0.5, 0.6) is 0 Å². The number of halogens is 2. The van der Waals surface area contributed by atoms with Crippen LogP contribution in [0.3, 0.4) is 0 Å². The van der Waals surface area contributed by atoms with E-state index >= 15 is 0 Å². The van der Waals surface area contributed by atoms with Gasteiger partial charge in [-0.25, -0.2) is 9.18 Å². The zero-order chi connectivity index (χ0) is 17.0. The molecule has 0 amide bonds. The number of aromatic carboxylic acids is 1. The molecule has 2 rings (SSSR count). The minimum Gasteiger partial charge on any atom is -0.478 e. The number of nitrogens with zero attached hydrogens (tertiary/aromatic N) is 2. The molecule has 0 aromatic heterocycles. The standard InChI is InChI=1S/C13H7BrFN3O4S/c14-6-1-2-9(16-21)11(3-6)23-18-10-5-7(15)4-8(13(19)20)12(10)17-22/h1-5,18H,(H,19,20). The summed E-state index contributed by atoms with van der Waals surface area (Å²) in [6, 6.07) is 6.30. The minimum atomic E-state index is -1.48. The predicted molar refractivity (Wildman–Crippen MR) is 87.9 cm³/mol. The number of nitrogens with one attached hydrogen (secondary N) is 1. The third kappa shape index (κ3) is 3.90. The number of carboxylic acids is 1. The number of hydrogen-bond acceptors (Lipinski definition) is 7. The topological polar surface area (TPSA) is 108 Å². The van der Waals surface area contributed by atoms with Crippen LogP contribution in [0.4, 0.5) is 21.5 Å². The van der Waals surface area contributed by atoms with Gasteiger partial charge in [-0.2, -0.15) is 0 Å². The molecule has 0 aliphatic rings. The second kappa shape index (κ2) is 7.29. The van der Waals surface area contributed by atoms with Gasteiger partial charge in [0, 0.05) is 10.5 Å². The molecule has 2 N–H and O–H groups in total. The zero-order valence-corrected chi connectivity index (χ0v) is 13.5. The van der Waals surface area contributed by atoms with Gasteiger partial charge in [0.15, 0.2) is 0 Å². The summed E-state index contributed by atoms with van der Waals surface area (Å²) < 4.78 is 16.8. The summed E-state index contributed by atoms with van der Waals surface area (Å²) in [5.41, 5.74) is -1.01. The molecule has 0 saturated heterocycles. The van der Waals surface area contributed by atoms with Gasteiger partial charge in [0.25, 0.3) is 0 Å². The number of rotatable bonds is 6. The third-order valence-corrected chi connectivity index (χ3v) is 4.05. The smallest absolute Gasteiger partial charge is 0.338 e. The molecule has 0 heterocycles. The highest BCUT2D eigenvalue weighted by Crippen LogP contribution is 2.37. The van der Waals surface area contributed by atoms with Crippen LogP contribution in [-0.4, -0.2) is 11.1 Å². The Labute approximate surface area is 141 Å². The summed E-state index contributed by atoms with van der Waals surface area (Å²) in [7, 11) is 0. The average molecular weight is 400 g/mol. The fourth-order valence-corrected chi connectivity index (χ4v) is 2.98. The Morgan fingerprint density at radius 3 is 2.57 bits per heavy atom. The molecule has 118 valence electrons. The van der Waals surface area contributed by atoms with E-state index in [0.29, 0.717) is 15.4 Å². The summed E-state index contributed by atoms with van der Waals surface area (Å²) >= 11 is 4.10. The first-order chi connectivity index (χ1) is 11.0. The van der Waals surface area contributed by atoms with Crippen LogP contribution in [-0.2, 0) is 0 Å². The van der Waals surface area contributed by atoms with E-state index in [-0.39, 0.29) is 11.4 Å². The molecule has 2 aromatic rings. The average Bonchev–Trinajstić information content (AvgIpc) is 2.52. The monoisotopic (exact) mass is 399 g/mol. The molecular weight excluding hydrogens is 393 g/mol. The number of hydrogen-bond donors (Lipinski definition) is 2. The molecule has 0 unspecified atom stereocenters. The van der Waals surface area contributed by atoms with E-state index in [1.807, 2.05) is 0 Å². The van der Waals surface area contributed by atoms with Gasteiger partial charge in [-0.1, -0.05) is 15.9 Å². The Morgan fingerprint density at radius 2 is 1.96 bits per heavy atom. The number of nitroso groups, excluding NO2 is 2. The van der Waals surface area contributed by atoms with Crippen LogP contribution in [0.15, 0.2) is 50.1 Å². The summed E-state index contributed by atoms with van der Waals surface area (Å²) in [6.45, 7) is 0. The second-order valence-corrected chi connectivity index (χ2v) is 5.92. The highest BCUT2D eigenvalue weighted by atomic mass is 79.9. The van der Waals surface area contributed by atoms with Gasteiger partial charge in [0.2, 0.25) is 0 Å². The molecule has 0 spiro atoms. The van der Waals surface area contributed by atoms with Crippen molar-refractivity contribution in [1.82, 2.24) is 0 Å². The van der Waals surface area contributed by atoms with Crippen molar-refractivity contribution in [2.75, 3.05) is 4.72 Å². The summed E-state index contributed by atoms with van der Waals surface area (Å²) in [4.78, 5) is 33.1. The predicted octanol–water partition coefficient (Wildman–Crippen LogP) is 5.20. The Kier molecular flexibility index (Phi) is 5.40. The van der Waals surface area contributed by atoms with Crippen LogP contribution in [0, 0.1) is 15.6 Å². The highest BCUT2D eigenvalue weighted by molar-refractivity contribution is 9.10. The lowest BCUT2D eigenvalue weighted by Crippen LogP contribution is -2.00. The summed E-state index contributed by atoms with van der Waals surface area (Å²) in [6.07, 6.45) is 0. The maximum absolute atomic E-state index is 13.5. The first-order valence-electron chi connectivity index (χ1n) is 5.92. The lowest BCUT2D eigenvalue weighted by atomic mass is 10.1. The van der Waals surface area contributed by atoms with Crippen LogP contribution >= 0.6 is 27.9 Å². The summed E-state index contributed by atoms with van der Waals surface area (Å²) in [5.74, 6) is -2.33. The fraction of sp³-hybridized carbons (Fsp3) is 0. The van der Waals surface area contributed by atoms with Crippen molar-refractivity contribution in [1.29, 1.82) is 0 Å². The lowest BCUT2D eigenvalue weighted by Gasteiger charge is -2.10. The first kappa shape index (κ1) is 17.0. The molecule has 2 aromatic carbocycles. The number of carboxylic acid groups (broad SMARTS) is 1. The fourth-order valence-electron chi connectivity index (χ4n) is 1.69. The molecule has 0 aliphatic carbocycles. The highest BCUT2D eigenvalue weighted by Gasteiger charge is 2.18. The van der Waals surface area contributed by atoms with Gasteiger partial charge in [0.1, 0.15) is 17.2 Å². The van der Waals surface area contributed by atoms with Gasteiger partial charge in [-0.15, -0.1) is 9.81 Å². The van der Waals surface area contributed by atoms with Gasteiger partial charge in [-0.3, -0.25) is 0 Å². The van der Waals surface area contributed by atoms with E-state index in [4.69, 9.17) is 5.11 Å². The molecular formula is C13H7BrFN3O4S. The Balaban J connectivity index is 2.38. The van der Waals surface area contributed by atoms with Crippen LogP contribution in [0.25, 0.3) is 0 Å². The van der Waals surface area contributed by atoms with Crippen LogP contribution in [0.1, 0.15) is 10.4 Å². The van der Waals surface area contributed by atoms with E-state index < -0.39 is 23.0 Å². The van der Waals surface area contributed by atoms with Gasteiger partial charge < -0.3 is 9.83 Å². The maximum atomic E-state index is 13.5. The van der Waals surface area contributed by atoms with Crippen molar-refractivity contribution < 1.29 is 14.3 Å². The Bertz CT molecular complexity index is 803. The normalized spacial score (nSPS) is 10.2. The first-order valence-corrected chi connectivity index (χ1v) is 7.53. The molecule has 0 aliphatic heterocycles. The third-order valence-electron chi connectivity index (χ3n) is 2.69. The van der Waals surface area contributed by atoms with Gasteiger partial charge in [0.05, 0.1) is 16.1 Å². The van der Waals surface area contributed by atoms with E-state index in [1.54, 1.807) is 12.1 Å². The van der Waals surface area contributed by atoms with Crippen molar-refractivity contribution in [3.63, 3.8) is 0 Å². The SMILES string of the molecule is O=Nc1ccc(Br)cc1SNc1cc(F)cc(C(=O)O)c1N=O. The number of benzene rings is 2. The Morgan fingerprint density at radius 1 is 1.22 bits per heavy atom. The quantitative estimate of drug-likeness (QED) is 0.510. The second-order valence-electron chi connectivity index (χ2n) is 4.15. The summed E-state index contributed by atoms with van der Waals surface area (Å²) in [5, 5.41) is 14.5. The molecule has 0 bridgehead atoms. The molecule has 23 heavy (non-hydrogen) atoms. The molecule has 0 saturated carbocycles. The van der Waals surface area contributed by atoms with Crippen LogP contribution < -0.4 is 4.72 Å². The molecule has 0 radical (unpaired) electrons. The number of anilines is 1. The minimum absolute atomic E-state index is 0.126. The molecule has 0 atom stereocenters. The van der Waals surface area contributed by atoms with Crippen molar-refractivity contribution in [3.05, 3.63) is 56.0 Å². The van der Waals surface area contributed by atoms with Gasteiger partial charge >= 0.3 is 5.97 Å². The van der Waals surface area contributed by atoms with Crippen molar-refractivity contribution in [2.45, 2.75) is 4.90 Å². The van der Waals surface area contributed by atoms with Crippen LogP contribution in [0.2, 0.25) is 0 Å². The van der Waals surface area contributed by atoms with E-state index in [9.17, 15) is 19.0 Å². The molecule has 7 nitrogen and oxygen atoms in total. The van der Waals surface area contributed by atoms with E-state index in [1.165, 1.54) is 6.07 Å². The van der Waals surface area contributed by atoms with Crippen molar-refractivity contribution in [3.8, 4) is 0 Å². The largest absolute Gasteiger partial charge is 0.478 e. The van der Waals surface area contributed by atoms with E-state index in [2.05, 4.69) is 31.0 Å². The Hall–Kier alpha value is -2.33. The lowest BCUT2D eigenvalue weighted by molar-refractivity contribution is 0.0697. The van der Waals surface area contributed by atoms with Crippen molar-refractivity contribution in [2.24, 2.45) is 10.4 Å². The molecule has 10 heteroatoms. The van der Waals surface area contributed by atoms with Gasteiger partial charge in [-0.05, 0) is 46.6 Å². The number of carbonyl (C=O) groups is 1. The van der Waals surface area contributed by atoms with Crippen molar-refractivity contribution >= 4 is 50.9 Å².